The van der Waals surface area contributed by atoms with Crippen molar-refractivity contribution in [1.29, 1.82) is 0 Å². The van der Waals surface area contributed by atoms with Gasteiger partial charge in [0.1, 0.15) is 6.61 Å². The molecule has 3 atom stereocenters. The molecule has 0 heterocycles. The minimum atomic E-state index is -0.858. The first-order chi connectivity index (χ1) is 16.9. The van der Waals surface area contributed by atoms with Gasteiger partial charge >= 0.3 is 12.1 Å². The lowest BCUT2D eigenvalue weighted by atomic mass is 9.81. The van der Waals surface area contributed by atoms with E-state index in [1.54, 1.807) is 0 Å². The summed E-state index contributed by atoms with van der Waals surface area (Å²) in [5.74, 6) is -0.839. The monoisotopic (exact) mass is 478 g/mol. The Bertz CT molecular complexity index is 1020. The molecule has 2 aliphatic rings. The minimum Gasteiger partial charge on any atom is -0.481 e. The molecule has 3 N–H and O–H groups in total. The van der Waals surface area contributed by atoms with Gasteiger partial charge in [0.15, 0.2) is 0 Å². The number of rotatable bonds is 9. The van der Waals surface area contributed by atoms with Gasteiger partial charge in [-0.25, -0.2) is 4.79 Å². The number of carboxylic acid groups (broad SMARTS) is 1. The Labute approximate surface area is 206 Å². The molecule has 0 spiro atoms. The van der Waals surface area contributed by atoms with E-state index >= 15 is 0 Å². The molecule has 0 aliphatic heterocycles. The molecule has 35 heavy (non-hydrogen) atoms. The van der Waals surface area contributed by atoms with Gasteiger partial charge < -0.3 is 20.5 Å². The van der Waals surface area contributed by atoms with Crippen molar-refractivity contribution in [3.8, 4) is 11.1 Å². The molecule has 0 saturated heterocycles. The fourth-order valence-electron chi connectivity index (χ4n) is 5.38. The number of ether oxygens (including phenoxy) is 1. The van der Waals surface area contributed by atoms with Crippen LogP contribution in [-0.2, 0) is 14.3 Å². The Morgan fingerprint density at radius 3 is 2.31 bits per heavy atom. The zero-order valence-electron chi connectivity index (χ0n) is 20.2. The van der Waals surface area contributed by atoms with Crippen LogP contribution >= 0.6 is 0 Å². The van der Waals surface area contributed by atoms with Gasteiger partial charge in [0.25, 0.3) is 0 Å². The van der Waals surface area contributed by atoms with Crippen LogP contribution in [0.4, 0.5) is 4.79 Å². The standard InChI is InChI=1S/C28H34N2O5/c1-18(13-26(31)32)15-29-27(33)20-8-6-7-19(14-20)16-30-28(34)35-17-25-23-11-4-2-9-21(23)22-10-3-5-12-24(22)25/h2-5,9-12,18-20,25H,6-8,13-17H2,1H3,(H,29,33)(H,30,34)(H,31,32). The van der Waals surface area contributed by atoms with Gasteiger partial charge in [-0.05, 0) is 53.4 Å². The summed E-state index contributed by atoms with van der Waals surface area (Å²) in [6.45, 7) is 2.95. The lowest BCUT2D eigenvalue weighted by molar-refractivity contribution is -0.138. The van der Waals surface area contributed by atoms with Gasteiger partial charge in [-0.2, -0.15) is 0 Å². The van der Waals surface area contributed by atoms with Gasteiger partial charge in [0.2, 0.25) is 5.91 Å². The van der Waals surface area contributed by atoms with Crippen LogP contribution < -0.4 is 10.6 Å². The molecule has 2 aliphatic carbocycles. The summed E-state index contributed by atoms with van der Waals surface area (Å²) < 4.78 is 5.62. The van der Waals surface area contributed by atoms with Crippen LogP contribution in [0.3, 0.4) is 0 Å². The number of hydrogen-bond donors (Lipinski definition) is 3. The molecular weight excluding hydrogens is 444 g/mol. The van der Waals surface area contributed by atoms with Gasteiger partial charge in [0.05, 0.1) is 0 Å². The summed E-state index contributed by atoms with van der Waals surface area (Å²) in [6, 6.07) is 16.5. The molecule has 4 rings (SSSR count). The van der Waals surface area contributed by atoms with Crippen molar-refractivity contribution in [2.75, 3.05) is 19.7 Å². The van der Waals surface area contributed by atoms with E-state index < -0.39 is 12.1 Å². The third-order valence-electron chi connectivity index (χ3n) is 7.18. The highest BCUT2D eigenvalue weighted by molar-refractivity contribution is 5.79. The lowest BCUT2D eigenvalue weighted by Gasteiger charge is -2.28. The topological polar surface area (TPSA) is 105 Å². The molecule has 0 aromatic heterocycles. The maximum atomic E-state index is 12.6. The highest BCUT2D eigenvalue weighted by Gasteiger charge is 2.30. The molecule has 7 heteroatoms. The Morgan fingerprint density at radius 1 is 1.00 bits per heavy atom. The molecule has 3 unspecified atom stereocenters. The van der Waals surface area contributed by atoms with Crippen LogP contribution in [0.5, 0.6) is 0 Å². The molecule has 0 bridgehead atoms. The minimum absolute atomic E-state index is 0.0203. The Hall–Kier alpha value is -3.35. The largest absolute Gasteiger partial charge is 0.481 e. The quantitative estimate of drug-likeness (QED) is 0.490. The van der Waals surface area contributed by atoms with Gasteiger partial charge in [-0.3, -0.25) is 9.59 Å². The highest BCUT2D eigenvalue weighted by Crippen LogP contribution is 2.44. The van der Waals surface area contributed by atoms with Crippen LogP contribution in [0.2, 0.25) is 0 Å². The number of alkyl carbamates (subject to hydrolysis) is 1. The summed E-state index contributed by atoms with van der Waals surface area (Å²) in [6.07, 6.45) is 3.03. The Kier molecular flexibility index (Phi) is 8.06. The van der Waals surface area contributed by atoms with E-state index in [9.17, 15) is 14.4 Å². The molecule has 2 amide bonds. The molecule has 0 radical (unpaired) electrons. The number of carbonyl (C=O) groups is 3. The van der Waals surface area contributed by atoms with Crippen molar-refractivity contribution in [3.63, 3.8) is 0 Å². The van der Waals surface area contributed by atoms with E-state index in [1.807, 2.05) is 31.2 Å². The first-order valence-electron chi connectivity index (χ1n) is 12.5. The molecule has 1 fully saturated rings. The van der Waals surface area contributed by atoms with E-state index in [0.717, 1.165) is 19.3 Å². The zero-order valence-corrected chi connectivity index (χ0v) is 20.2. The van der Waals surface area contributed by atoms with Crippen LogP contribution in [0, 0.1) is 17.8 Å². The van der Waals surface area contributed by atoms with Gasteiger partial charge in [-0.1, -0.05) is 61.9 Å². The Balaban J connectivity index is 1.23. The number of amides is 2. The van der Waals surface area contributed by atoms with Crippen LogP contribution in [-0.4, -0.2) is 42.8 Å². The molecule has 1 saturated carbocycles. The van der Waals surface area contributed by atoms with E-state index in [4.69, 9.17) is 9.84 Å². The van der Waals surface area contributed by atoms with E-state index in [-0.39, 0.29) is 42.6 Å². The third kappa shape index (κ3) is 6.21. The van der Waals surface area contributed by atoms with Gasteiger partial charge in [0, 0.05) is 31.3 Å². The lowest BCUT2D eigenvalue weighted by Crippen LogP contribution is -2.39. The average molecular weight is 479 g/mol. The number of carbonyl (C=O) groups excluding carboxylic acids is 2. The molecule has 2 aromatic carbocycles. The number of fused-ring (bicyclic) bond motifs is 3. The molecule has 186 valence electrons. The number of aliphatic carboxylic acids is 1. The fourth-order valence-corrected chi connectivity index (χ4v) is 5.38. The molecular formula is C28H34N2O5. The maximum Gasteiger partial charge on any atom is 0.407 e. The first kappa shape index (κ1) is 24.8. The summed E-state index contributed by atoms with van der Waals surface area (Å²) in [4.78, 5) is 35.8. The first-order valence-corrected chi connectivity index (χ1v) is 12.5. The van der Waals surface area contributed by atoms with Crippen LogP contribution in [0.1, 0.15) is 56.1 Å². The second-order valence-electron chi connectivity index (χ2n) is 9.88. The smallest absolute Gasteiger partial charge is 0.407 e. The average Bonchev–Trinajstić information content (AvgIpc) is 3.18. The number of carboxylic acids is 1. The van der Waals surface area contributed by atoms with Gasteiger partial charge in [-0.15, -0.1) is 0 Å². The number of nitrogens with one attached hydrogen (secondary N) is 2. The van der Waals surface area contributed by atoms with Crippen LogP contribution in [0.25, 0.3) is 11.1 Å². The third-order valence-corrected chi connectivity index (χ3v) is 7.18. The van der Waals surface area contributed by atoms with E-state index in [1.165, 1.54) is 22.3 Å². The van der Waals surface area contributed by atoms with Crippen LogP contribution in [0.15, 0.2) is 48.5 Å². The van der Waals surface area contributed by atoms with E-state index in [0.29, 0.717) is 19.5 Å². The van der Waals surface area contributed by atoms with Crippen molar-refractivity contribution in [1.82, 2.24) is 10.6 Å². The van der Waals surface area contributed by atoms with E-state index in [2.05, 4.69) is 34.9 Å². The maximum absolute atomic E-state index is 12.6. The second-order valence-corrected chi connectivity index (χ2v) is 9.88. The van der Waals surface area contributed by atoms with Crippen molar-refractivity contribution in [3.05, 3.63) is 59.7 Å². The molecule has 2 aromatic rings. The SMILES string of the molecule is CC(CNC(=O)C1CCCC(CNC(=O)OCC2c3ccccc3-c3ccccc32)C1)CC(=O)O. The molecule has 7 nitrogen and oxygen atoms in total. The summed E-state index contributed by atoms with van der Waals surface area (Å²) in [5.41, 5.74) is 4.75. The fraction of sp³-hybridized carbons (Fsp3) is 0.464. The van der Waals surface area contributed by atoms with Crippen molar-refractivity contribution in [2.24, 2.45) is 17.8 Å². The predicted octanol–water partition coefficient (Wildman–Crippen LogP) is 4.56. The van der Waals surface area contributed by atoms with Crippen molar-refractivity contribution in [2.45, 2.75) is 44.9 Å². The second kappa shape index (κ2) is 11.4. The number of benzene rings is 2. The normalized spacial score (nSPS) is 19.8. The number of hydrogen-bond acceptors (Lipinski definition) is 4. The van der Waals surface area contributed by atoms with Crippen molar-refractivity contribution < 1.29 is 24.2 Å². The summed E-state index contributed by atoms with van der Waals surface area (Å²) >= 11 is 0. The zero-order chi connectivity index (χ0) is 24.8. The highest BCUT2D eigenvalue weighted by atomic mass is 16.5. The summed E-state index contributed by atoms with van der Waals surface area (Å²) in [7, 11) is 0. The Morgan fingerprint density at radius 2 is 1.66 bits per heavy atom. The van der Waals surface area contributed by atoms with Crippen molar-refractivity contribution >= 4 is 18.0 Å². The predicted molar refractivity (Wildman–Crippen MR) is 133 cm³/mol. The summed E-state index contributed by atoms with van der Waals surface area (Å²) in [5, 5.41) is 14.7.